The van der Waals surface area contributed by atoms with Crippen LogP contribution in [0.25, 0.3) is 0 Å². The van der Waals surface area contributed by atoms with Crippen molar-refractivity contribution in [3.8, 4) is 0 Å². The second-order valence-electron chi connectivity index (χ2n) is 5.44. The Morgan fingerprint density at radius 1 is 1.24 bits per heavy atom. The third kappa shape index (κ3) is 5.97. The van der Waals surface area contributed by atoms with Crippen LogP contribution in [0.2, 0.25) is 0 Å². The number of unbranched alkanes of at least 4 members (excludes halogenated alkanes) is 1. The number of halogens is 1. The van der Waals surface area contributed by atoms with Crippen LogP contribution in [0.4, 0.5) is 5.69 Å². The van der Waals surface area contributed by atoms with Crippen molar-refractivity contribution in [2.75, 3.05) is 31.1 Å². The molecule has 1 rings (SSSR count). The van der Waals surface area contributed by atoms with E-state index in [1.807, 2.05) is 0 Å². The number of aliphatic hydroxyl groups excluding tert-OH is 1. The predicted octanol–water partition coefficient (Wildman–Crippen LogP) is 4.11. The van der Waals surface area contributed by atoms with Gasteiger partial charge in [-0.1, -0.05) is 36.2 Å². The van der Waals surface area contributed by atoms with Gasteiger partial charge in [0.2, 0.25) is 0 Å². The van der Waals surface area contributed by atoms with Gasteiger partial charge < -0.3 is 15.3 Å². The summed E-state index contributed by atoms with van der Waals surface area (Å²) in [4.78, 5) is 2.30. The van der Waals surface area contributed by atoms with E-state index in [0.717, 1.165) is 36.8 Å². The summed E-state index contributed by atoms with van der Waals surface area (Å²) in [5, 5.41) is 12.9. The summed E-state index contributed by atoms with van der Waals surface area (Å²) in [7, 11) is 0. The zero-order valence-corrected chi connectivity index (χ0v) is 15.1. The van der Waals surface area contributed by atoms with Crippen LogP contribution >= 0.6 is 15.9 Å². The van der Waals surface area contributed by atoms with Crippen LogP contribution in [0.3, 0.4) is 0 Å². The summed E-state index contributed by atoms with van der Waals surface area (Å²) in [6, 6.07) is 6.75. The number of hydrogen-bond acceptors (Lipinski definition) is 3. The number of anilines is 1. The number of benzene rings is 1. The van der Waals surface area contributed by atoms with Gasteiger partial charge in [-0.3, -0.25) is 0 Å². The predicted molar refractivity (Wildman–Crippen MR) is 95.1 cm³/mol. The quantitative estimate of drug-likeness (QED) is 0.662. The third-order valence-electron chi connectivity index (χ3n) is 3.65. The van der Waals surface area contributed by atoms with Gasteiger partial charge >= 0.3 is 0 Å². The van der Waals surface area contributed by atoms with Gasteiger partial charge in [-0.25, -0.2) is 0 Å². The molecule has 1 aromatic carbocycles. The van der Waals surface area contributed by atoms with E-state index in [1.54, 1.807) is 0 Å². The first-order chi connectivity index (χ1) is 10.1. The molecule has 0 heterocycles. The highest BCUT2D eigenvalue weighted by molar-refractivity contribution is 9.10. The fourth-order valence-electron chi connectivity index (χ4n) is 2.45. The maximum absolute atomic E-state index is 9.36. The van der Waals surface area contributed by atoms with Crippen LogP contribution in [-0.2, 0) is 0 Å². The minimum absolute atomic E-state index is 0.190. The normalized spacial score (nSPS) is 12.4. The maximum Gasteiger partial charge on any atom is 0.0606 e. The smallest absolute Gasteiger partial charge is 0.0606 e. The molecule has 1 unspecified atom stereocenters. The first-order valence-electron chi connectivity index (χ1n) is 8.02. The lowest BCUT2D eigenvalue weighted by atomic mass is 10.0. The Morgan fingerprint density at radius 3 is 2.62 bits per heavy atom. The lowest BCUT2D eigenvalue weighted by molar-refractivity contribution is 0.301. The van der Waals surface area contributed by atoms with Crippen LogP contribution in [0.1, 0.15) is 51.6 Å². The highest BCUT2D eigenvalue weighted by atomic mass is 79.9. The maximum atomic E-state index is 9.36. The molecule has 0 saturated heterocycles. The van der Waals surface area contributed by atoms with Crippen molar-refractivity contribution in [2.24, 2.45) is 0 Å². The van der Waals surface area contributed by atoms with E-state index >= 15 is 0 Å². The van der Waals surface area contributed by atoms with Crippen LogP contribution < -0.4 is 10.2 Å². The molecule has 120 valence electrons. The zero-order valence-electron chi connectivity index (χ0n) is 13.5. The Morgan fingerprint density at radius 2 is 2.00 bits per heavy atom. The molecule has 0 bridgehead atoms. The van der Waals surface area contributed by atoms with Gasteiger partial charge in [-0.2, -0.15) is 0 Å². The molecule has 3 nitrogen and oxygen atoms in total. The first kappa shape index (κ1) is 18.5. The molecule has 0 aromatic heterocycles. The van der Waals surface area contributed by atoms with E-state index < -0.39 is 0 Å². The molecule has 0 spiro atoms. The van der Waals surface area contributed by atoms with Gasteiger partial charge in [0.05, 0.1) is 6.61 Å². The number of hydrogen-bond donors (Lipinski definition) is 2. The number of nitrogens with one attached hydrogen (secondary N) is 1. The first-order valence-corrected chi connectivity index (χ1v) is 8.81. The molecule has 4 heteroatoms. The number of aliphatic hydroxyl groups is 1. The van der Waals surface area contributed by atoms with Gasteiger partial charge in [0.15, 0.2) is 0 Å². The van der Waals surface area contributed by atoms with E-state index in [1.165, 1.54) is 11.3 Å². The van der Waals surface area contributed by atoms with Crippen molar-refractivity contribution in [1.82, 2.24) is 5.32 Å². The average Bonchev–Trinajstić information content (AvgIpc) is 2.49. The van der Waals surface area contributed by atoms with E-state index in [4.69, 9.17) is 0 Å². The summed E-state index contributed by atoms with van der Waals surface area (Å²) in [6.07, 6.45) is 3.44. The van der Waals surface area contributed by atoms with Crippen LogP contribution in [0.15, 0.2) is 22.7 Å². The topological polar surface area (TPSA) is 35.5 Å². The van der Waals surface area contributed by atoms with Crippen LogP contribution in [-0.4, -0.2) is 31.3 Å². The highest BCUT2D eigenvalue weighted by Gasteiger charge is 2.15. The van der Waals surface area contributed by atoms with Gasteiger partial charge in [0, 0.05) is 29.3 Å². The summed E-state index contributed by atoms with van der Waals surface area (Å²) in [5.74, 6) is 0. The molecule has 1 aromatic rings. The van der Waals surface area contributed by atoms with Crippen molar-refractivity contribution < 1.29 is 5.11 Å². The largest absolute Gasteiger partial charge is 0.395 e. The highest BCUT2D eigenvalue weighted by Crippen LogP contribution is 2.30. The monoisotopic (exact) mass is 356 g/mol. The van der Waals surface area contributed by atoms with Gasteiger partial charge in [0.25, 0.3) is 0 Å². The second-order valence-corrected chi connectivity index (χ2v) is 6.36. The molecular formula is C17H29BrN2O. The van der Waals surface area contributed by atoms with Crippen molar-refractivity contribution in [2.45, 2.75) is 46.1 Å². The van der Waals surface area contributed by atoms with Gasteiger partial charge in [0.1, 0.15) is 0 Å². The standard InChI is InChI=1S/C17H29BrN2O/c1-4-6-10-20(11-12-21)17-8-7-15(18)13-16(17)14(3)19-9-5-2/h7-8,13-14,19,21H,4-6,9-12H2,1-3H3. The summed E-state index contributed by atoms with van der Waals surface area (Å²) < 4.78 is 1.10. The fourth-order valence-corrected chi connectivity index (χ4v) is 2.83. The van der Waals surface area contributed by atoms with Crippen molar-refractivity contribution >= 4 is 21.6 Å². The summed E-state index contributed by atoms with van der Waals surface area (Å²) in [5.41, 5.74) is 2.53. The molecule has 2 N–H and O–H groups in total. The molecule has 0 fully saturated rings. The van der Waals surface area contributed by atoms with E-state index in [9.17, 15) is 5.11 Å². The van der Waals surface area contributed by atoms with Crippen LogP contribution in [0, 0.1) is 0 Å². The Balaban J connectivity index is 3.01. The van der Waals surface area contributed by atoms with Crippen molar-refractivity contribution in [3.05, 3.63) is 28.2 Å². The molecule has 1 atom stereocenters. The molecule has 0 aliphatic heterocycles. The third-order valence-corrected chi connectivity index (χ3v) is 4.14. The Hall–Kier alpha value is -0.580. The summed E-state index contributed by atoms with van der Waals surface area (Å²) >= 11 is 3.58. The molecule has 21 heavy (non-hydrogen) atoms. The molecule has 0 aliphatic rings. The van der Waals surface area contributed by atoms with Gasteiger partial charge in [-0.15, -0.1) is 0 Å². The average molecular weight is 357 g/mol. The van der Waals surface area contributed by atoms with Crippen LogP contribution in [0.5, 0.6) is 0 Å². The van der Waals surface area contributed by atoms with Crippen molar-refractivity contribution in [3.63, 3.8) is 0 Å². The molecule has 0 amide bonds. The van der Waals surface area contributed by atoms with Crippen molar-refractivity contribution in [1.29, 1.82) is 0 Å². The molecule has 0 radical (unpaired) electrons. The SMILES string of the molecule is CCCCN(CCO)c1ccc(Br)cc1C(C)NCCC. The lowest BCUT2D eigenvalue weighted by Crippen LogP contribution is -2.30. The lowest BCUT2D eigenvalue weighted by Gasteiger charge is -2.29. The Kier molecular flexibility index (Phi) is 8.97. The number of nitrogens with zero attached hydrogens (tertiary/aromatic N) is 1. The van der Waals surface area contributed by atoms with Gasteiger partial charge in [-0.05, 0) is 50.1 Å². The molecular weight excluding hydrogens is 328 g/mol. The van der Waals surface area contributed by atoms with E-state index in [0.29, 0.717) is 12.6 Å². The molecule has 0 saturated carbocycles. The molecule has 0 aliphatic carbocycles. The van der Waals surface area contributed by atoms with E-state index in [2.05, 4.69) is 65.1 Å². The Labute approximate surface area is 137 Å². The number of rotatable bonds is 10. The summed E-state index contributed by atoms with van der Waals surface area (Å²) in [6.45, 7) is 9.48. The zero-order chi connectivity index (χ0) is 15.7. The fraction of sp³-hybridized carbons (Fsp3) is 0.647. The second kappa shape index (κ2) is 10.2. The van der Waals surface area contributed by atoms with E-state index in [-0.39, 0.29) is 6.61 Å². The minimum atomic E-state index is 0.190. The minimum Gasteiger partial charge on any atom is -0.395 e. The Bertz CT molecular complexity index is 412.